The Morgan fingerprint density at radius 2 is 1.50 bits per heavy atom. The lowest BCUT2D eigenvalue weighted by molar-refractivity contribution is -0.385. The fourth-order valence-corrected chi connectivity index (χ4v) is 1.88. The summed E-state index contributed by atoms with van der Waals surface area (Å²) in [6, 6.07) is 6.60. The summed E-state index contributed by atoms with van der Waals surface area (Å²) in [4.78, 5) is 55.1. The SMILES string of the molecule is O=C(Cn1cc([N+](=O)[O-])ccc1=O)NNC(=O)c1ccc([N+](=O)[O-])cc1. The van der Waals surface area contributed by atoms with Crippen molar-refractivity contribution in [3.05, 3.63) is 78.7 Å². The van der Waals surface area contributed by atoms with Crippen molar-refractivity contribution < 1.29 is 19.4 Å². The van der Waals surface area contributed by atoms with Crippen LogP contribution in [0.25, 0.3) is 0 Å². The number of hydrogen-bond acceptors (Lipinski definition) is 7. The van der Waals surface area contributed by atoms with Crippen LogP contribution in [0, 0.1) is 20.2 Å². The van der Waals surface area contributed by atoms with E-state index in [9.17, 15) is 34.6 Å². The molecule has 26 heavy (non-hydrogen) atoms. The number of hydrogen-bond donors (Lipinski definition) is 2. The summed E-state index contributed by atoms with van der Waals surface area (Å²) < 4.78 is 0.811. The maximum Gasteiger partial charge on any atom is 0.285 e. The van der Waals surface area contributed by atoms with Gasteiger partial charge in [0.2, 0.25) is 0 Å². The number of benzene rings is 1. The van der Waals surface area contributed by atoms with Gasteiger partial charge >= 0.3 is 0 Å². The summed E-state index contributed by atoms with van der Waals surface area (Å²) in [5.41, 5.74) is 2.97. The number of nitrogens with one attached hydrogen (secondary N) is 2. The van der Waals surface area contributed by atoms with E-state index in [1.54, 1.807) is 0 Å². The van der Waals surface area contributed by atoms with E-state index in [1.165, 1.54) is 12.1 Å². The fraction of sp³-hybridized carbons (Fsp3) is 0.0714. The minimum Gasteiger partial charge on any atom is -0.299 e. The number of non-ortho nitro benzene ring substituents is 1. The first-order valence-electron chi connectivity index (χ1n) is 6.96. The largest absolute Gasteiger partial charge is 0.299 e. The van der Waals surface area contributed by atoms with Gasteiger partial charge in [-0.1, -0.05) is 0 Å². The number of carbonyl (C=O) groups is 2. The normalized spacial score (nSPS) is 10.0. The van der Waals surface area contributed by atoms with Crippen molar-refractivity contribution in [2.24, 2.45) is 0 Å². The molecule has 0 spiro atoms. The molecule has 2 N–H and O–H groups in total. The molecule has 0 atom stereocenters. The quantitative estimate of drug-likeness (QED) is 0.563. The van der Waals surface area contributed by atoms with Crippen LogP contribution >= 0.6 is 0 Å². The molecule has 134 valence electrons. The van der Waals surface area contributed by atoms with Crippen LogP contribution in [0.3, 0.4) is 0 Å². The summed E-state index contributed by atoms with van der Waals surface area (Å²) >= 11 is 0. The van der Waals surface area contributed by atoms with Gasteiger partial charge in [0.05, 0.1) is 16.0 Å². The van der Waals surface area contributed by atoms with Crippen molar-refractivity contribution in [1.29, 1.82) is 0 Å². The van der Waals surface area contributed by atoms with Crippen LogP contribution in [-0.4, -0.2) is 26.2 Å². The Bertz CT molecular complexity index is 935. The van der Waals surface area contributed by atoms with E-state index >= 15 is 0 Å². The summed E-state index contributed by atoms with van der Waals surface area (Å²) in [6.07, 6.45) is 0.903. The molecule has 1 aromatic carbocycles. The van der Waals surface area contributed by atoms with Crippen LogP contribution in [0.5, 0.6) is 0 Å². The monoisotopic (exact) mass is 361 g/mol. The van der Waals surface area contributed by atoms with Gasteiger partial charge in [0, 0.05) is 29.8 Å². The van der Waals surface area contributed by atoms with Crippen molar-refractivity contribution in [2.45, 2.75) is 6.54 Å². The van der Waals surface area contributed by atoms with Gasteiger partial charge in [-0.25, -0.2) is 0 Å². The molecule has 0 bridgehead atoms. The average molecular weight is 361 g/mol. The van der Waals surface area contributed by atoms with Crippen LogP contribution < -0.4 is 16.4 Å². The second-order valence-corrected chi connectivity index (χ2v) is 4.92. The molecular formula is C14H11N5O7. The van der Waals surface area contributed by atoms with Gasteiger partial charge in [0.1, 0.15) is 6.54 Å². The van der Waals surface area contributed by atoms with E-state index in [-0.39, 0.29) is 16.9 Å². The number of carbonyl (C=O) groups excluding carboxylic acids is 2. The van der Waals surface area contributed by atoms with Gasteiger partial charge in [-0.05, 0) is 12.1 Å². The van der Waals surface area contributed by atoms with Gasteiger partial charge in [-0.15, -0.1) is 0 Å². The molecule has 0 unspecified atom stereocenters. The molecule has 2 aromatic rings. The number of aromatic nitrogens is 1. The third-order valence-electron chi connectivity index (χ3n) is 3.15. The molecule has 12 nitrogen and oxygen atoms in total. The Hall–Kier alpha value is -4.09. The van der Waals surface area contributed by atoms with Crippen molar-refractivity contribution >= 4 is 23.2 Å². The predicted molar refractivity (Wildman–Crippen MR) is 86.1 cm³/mol. The number of hydrazine groups is 1. The molecule has 1 aromatic heterocycles. The summed E-state index contributed by atoms with van der Waals surface area (Å²) in [5, 5.41) is 21.2. The van der Waals surface area contributed by atoms with E-state index in [1.807, 2.05) is 5.43 Å². The first kappa shape index (κ1) is 18.3. The minimum atomic E-state index is -0.803. The maximum absolute atomic E-state index is 11.8. The Morgan fingerprint density at radius 1 is 0.923 bits per heavy atom. The zero-order valence-corrected chi connectivity index (χ0v) is 12.9. The molecule has 0 aliphatic rings. The molecule has 0 aliphatic heterocycles. The second kappa shape index (κ2) is 7.65. The lowest BCUT2D eigenvalue weighted by atomic mass is 10.2. The van der Waals surface area contributed by atoms with Crippen LogP contribution in [0.2, 0.25) is 0 Å². The van der Waals surface area contributed by atoms with Gasteiger partial charge in [0.15, 0.2) is 0 Å². The molecule has 2 rings (SSSR count). The molecule has 0 saturated carbocycles. The molecule has 1 heterocycles. The van der Waals surface area contributed by atoms with Crippen molar-refractivity contribution in [2.75, 3.05) is 0 Å². The zero-order valence-electron chi connectivity index (χ0n) is 12.9. The lowest BCUT2D eigenvalue weighted by Gasteiger charge is -2.08. The van der Waals surface area contributed by atoms with Gasteiger partial charge < -0.3 is 0 Å². The number of nitro groups is 2. The summed E-state index contributed by atoms with van der Waals surface area (Å²) in [6.45, 7) is -0.555. The smallest absolute Gasteiger partial charge is 0.285 e. The maximum atomic E-state index is 11.8. The highest BCUT2D eigenvalue weighted by Crippen LogP contribution is 2.11. The Morgan fingerprint density at radius 3 is 2.08 bits per heavy atom. The number of amides is 2. The standard InChI is InChI=1S/C14H11N5O7/c20-12(8-17-7-11(19(25)26)5-6-13(17)21)15-16-14(22)9-1-3-10(4-2-9)18(23)24/h1-7H,8H2,(H,15,20)(H,16,22). The topological polar surface area (TPSA) is 166 Å². The number of pyridine rings is 1. The van der Waals surface area contributed by atoms with Crippen LogP contribution in [0.1, 0.15) is 10.4 Å². The Balaban J connectivity index is 1.97. The molecule has 2 amide bonds. The van der Waals surface area contributed by atoms with Gasteiger partial charge in [0.25, 0.3) is 28.7 Å². The van der Waals surface area contributed by atoms with E-state index in [2.05, 4.69) is 5.43 Å². The third kappa shape index (κ3) is 4.47. The molecule has 0 fully saturated rings. The van der Waals surface area contributed by atoms with Gasteiger partial charge in [-0.2, -0.15) is 0 Å². The predicted octanol–water partition coefficient (Wildman–Crippen LogP) is 0.126. The molecule has 0 radical (unpaired) electrons. The van der Waals surface area contributed by atoms with Crippen molar-refractivity contribution in [1.82, 2.24) is 15.4 Å². The summed E-state index contributed by atoms with van der Waals surface area (Å²) in [5.74, 6) is -1.54. The lowest BCUT2D eigenvalue weighted by Crippen LogP contribution is -2.44. The number of nitro benzene ring substituents is 1. The number of nitrogens with zero attached hydrogens (tertiary/aromatic N) is 3. The highest BCUT2D eigenvalue weighted by molar-refractivity contribution is 5.95. The van der Waals surface area contributed by atoms with Crippen LogP contribution in [0.4, 0.5) is 11.4 Å². The molecular weight excluding hydrogens is 350 g/mol. The zero-order chi connectivity index (χ0) is 19.3. The Kier molecular flexibility index (Phi) is 5.37. The molecule has 0 aliphatic carbocycles. The van der Waals surface area contributed by atoms with Crippen LogP contribution in [0.15, 0.2) is 47.4 Å². The fourth-order valence-electron chi connectivity index (χ4n) is 1.88. The van der Waals surface area contributed by atoms with E-state index in [0.717, 1.165) is 35.0 Å². The average Bonchev–Trinajstić information content (AvgIpc) is 2.61. The highest BCUT2D eigenvalue weighted by atomic mass is 16.6. The van der Waals surface area contributed by atoms with E-state index in [0.29, 0.717) is 0 Å². The first-order valence-corrected chi connectivity index (χ1v) is 6.96. The summed E-state index contributed by atoms with van der Waals surface area (Å²) in [7, 11) is 0. The van der Waals surface area contributed by atoms with Crippen molar-refractivity contribution in [3.8, 4) is 0 Å². The van der Waals surface area contributed by atoms with Crippen molar-refractivity contribution in [3.63, 3.8) is 0 Å². The Labute approximate surface area is 144 Å². The van der Waals surface area contributed by atoms with Gasteiger partial charge in [-0.3, -0.25) is 50.0 Å². The molecule has 12 heteroatoms. The van der Waals surface area contributed by atoms with E-state index < -0.39 is 33.8 Å². The van der Waals surface area contributed by atoms with E-state index in [4.69, 9.17) is 0 Å². The third-order valence-corrected chi connectivity index (χ3v) is 3.15. The number of rotatable bonds is 5. The second-order valence-electron chi connectivity index (χ2n) is 4.92. The minimum absolute atomic E-state index is 0.0587. The molecule has 0 saturated heterocycles. The van der Waals surface area contributed by atoms with Crippen LogP contribution in [-0.2, 0) is 11.3 Å². The highest BCUT2D eigenvalue weighted by Gasteiger charge is 2.13. The first-order chi connectivity index (χ1) is 12.3.